The van der Waals surface area contributed by atoms with Gasteiger partial charge in [0, 0.05) is 11.8 Å². The van der Waals surface area contributed by atoms with E-state index in [1.807, 2.05) is 0 Å². The van der Waals surface area contributed by atoms with Crippen LogP contribution in [0.25, 0.3) is 11.1 Å². The number of hydrogen-bond acceptors (Lipinski definition) is 5. The molecular weight excluding hydrogens is 389 g/mol. The Balaban J connectivity index is 1.74. The number of tetrazole rings is 1. The quantitative estimate of drug-likeness (QED) is 0.508. The number of pyridine rings is 1. The molecule has 0 fully saturated rings. The zero-order valence-corrected chi connectivity index (χ0v) is 13.8. The fraction of sp³-hybridized carbons (Fsp3) is 0.188. The number of ketones is 1. The number of Topliss-reactive ketones (excluding diaryl/α,β-unsaturated/α-hetero) is 1. The summed E-state index contributed by atoms with van der Waals surface area (Å²) in [5.41, 5.74) is 0.0476. The lowest BCUT2D eigenvalue weighted by Gasteiger charge is -2.14. The van der Waals surface area contributed by atoms with Crippen LogP contribution in [-0.2, 0) is 17.3 Å². The van der Waals surface area contributed by atoms with E-state index in [0.29, 0.717) is 11.1 Å². The van der Waals surface area contributed by atoms with Gasteiger partial charge in [0.2, 0.25) is 5.78 Å². The molecule has 3 aromatic rings. The molecule has 2 heterocycles. The van der Waals surface area contributed by atoms with Gasteiger partial charge < -0.3 is 4.74 Å². The maximum absolute atomic E-state index is 14.3. The summed E-state index contributed by atoms with van der Waals surface area (Å²) in [5.74, 6) is -5.68. The van der Waals surface area contributed by atoms with Crippen molar-refractivity contribution in [3.8, 4) is 16.9 Å². The number of nitrogens with zero attached hydrogens (tertiary/aromatic N) is 4. The van der Waals surface area contributed by atoms with Crippen LogP contribution in [0.4, 0.5) is 22.0 Å². The van der Waals surface area contributed by atoms with E-state index in [9.17, 15) is 26.7 Å². The summed E-state index contributed by atoms with van der Waals surface area (Å²) >= 11 is 0. The Labute approximate surface area is 153 Å². The third kappa shape index (κ3) is 4.45. The van der Waals surface area contributed by atoms with Crippen LogP contribution in [0, 0.1) is 0 Å². The average Bonchev–Trinajstić information content (AvgIpc) is 3.14. The second kappa shape index (κ2) is 7.29. The van der Waals surface area contributed by atoms with Gasteiger partial charge in [-0.15, -0.1) is 13.2 Å². The van der Waals surface area contributed by atoms with Gasteiger partial charge in [-0.05, 0) is 23.8 Å². The van der Waals surface area contributed by atoms with E-state index in [2.05, 4.69) is 25.2 Å². The lowest BCUT2D eigenvalue weighted by molar-refractivity contribution is -0.743. The van der Waals surface area contributed by atoms with Gasteiger partial charge in [-0.1, -0.05) is 23.4 Å². The number of aromatic nitrogens is 5. The molecule has 2 aromatic heterocycles. The summed E-state index contributed by atoms with van der Waals surface area (Å²) in [7, 11) is 0. The lowest BCUT2D eigenvalue weighted by atomic mass is 10.1. The molecule has 0 aliphatic carbocycles. The number of carbonyl (C=O) groups excluding carboxylic acids is 1. The number of aromatic amines is 1. The Kier molecular flexibility index (Phi) is 5.03. The predicted octanol–water partition coefficient (Wildman–Crippen LogP) is 2.41. The maximum atomic E-state index is 14.3. The minimum absolute atomic E-state index is 0.373. The van der Waals surface area contributed by atoms with Crippen molar-refractivity contribution < 1.29 is 36.2 Å². The number of hydrogen-bond donors (Lipinski definition) is 1. The standard InChI is InChI=1S/C16H10F5N5O2/c17-15(18,14(27)8-26-9-23-24-25-26)13-6-3-11(7-22-13)10-1-4-12(5-2-10)28-16(19,20)21/h1-7,9H,8H2/p+1. The molecule has 0 saturated heterocycles. The second-order valence-corrected chi connectivity index (χ2v) is 5.56. The van der Waals surface area contributed by atoms with Crippen LogP contribution in [0.3, 0.4) is 0 Å². The highest BCUT2D eigenvalue weighted by atomic mass is 19.4. The van der Waals surface area contributed by atoms with Gasteiger partial charge in [-0.25, -0.2) is 0 Å². The Morgan fingerprint density at radius 3 is 2.25 bits per heavy atom. The van der Waals surface area contributed by atoms with E-state index in [1.54, 1.807) is 0 Å². The van der Waals surface area contributed by atoms with Crippen molar-refractivity contribution in [1.29, 1.82) is 0 Å². The van der Waals surface area contributed by atoms with Crippen molar-refractivity contribution in [3.63, 3.8) is 0 Å². The second-order valence-electron chi connectivity index (χ2n) is 5.56. The van der Waals surface area contributed by atoms with Crippen LogP contribution in [0.5, 0.6) is 5.75 Å². The molecule has 0 saturated carbocycles. The van der Waals surface area contributed by atoms with E-state index in [4.69, 9.17) is 0 Å². The molecule has 0 aliphatic heterocycles. The molecule has 0 unspecified atom stereocenters. The minimum atomic E-state index is -4.81. The number of carbonyl (C=O) groups is 1. The van der Waals surface area contributed by atoms with Crippen molar-refractivity contribution in [2.24, 2.45) is 0 Å². The Bertz CT molecular complexity index is 941. The Morgan fingerprint density at radius 1 is 1.04 bits per heavy atom. The first-order valence-corrected chi connectivity index (χ1v) is 7.64. The third-order valence-corrected chi connectivity index (χ3v) is 3.59. The molecule has 0 spiro atoms. The first-order valence-electron chi connectivity index (χ1n) is 7.64. The molecule has 146 valence electrons. The number of rotatable bonds is 6. The topological polar surface area (TPSA) is 84.6 Å². The fourth-order valence-corrected chi connectivity index (χ4v) is 2.27. The number of alkyl halides is 5. The zero-order chi connectivity index (χ0) is 20.4. The van der Waals surface area contributed by atoms with Crippen LogP contribution in [0.2, 0.25) is 0 Å². The summed E-state index contributed by atoms with van der Waals surface area (Å²) in [5, 5.41) is 8.92. The average molecular weight is 400 g/mol. The third-order valence-electron chi connectivity index (χ3n) is 3.59. The highest BCUT2D eigenvalue weighted by Crippen LogP contribution is 2.30. The lowest BCUT2D eigenvalue weighted by Crippen LogP contribution is -2.44. The van der Waals surface area contributed by atoms with Crippen LogP contribution in [-0.4, -0.2) is 32.7 Å². The van der Waals surface area contributed by atoms with Gasteiger partial charge >= 0.3 is 12.3 Å². The first kappa shape index (κ1) is 19.3. The highest BCUT2D eigenvalue weighted by Gasteiger charge is 2.43. The maximum Gasteiger partial charge on any atom is 0.573 e. The van der Waals surface area contributed by atoms with Crippen LogP contribution in [0.15, 0.2) is 48.9 Å². The van der Waals surface area contributed by atoms with E-state index in [0.717, 1.165) is 35.4 Å². The van der Waals surface area contributed by atoms with Gasteiger partial charge in [0.05, 0.1) is 0 Å². The van der Waals surface area contributed by atoms with Crippen LogP contribution in [0.1, 0.15) is 5.69 Å². The highest BCUT2D eigenvalue weighted by molar-refractivity contribution is 5.85. The molecule has 1 N–H and O–H groups in total. The van der Waals surface area contributed by atoms with Crippen molar-refractivity contribution in [2.45, 2.75) is 18.8 Å². The molecule has 0 radical (unpaired) electrons. The SMILES string of the molecule is O=C(C[n+]1cnn[nH]1)C(F)(F)c1ccc(-c2ccc(OC(F)(F)F)cc2)cn1. The van der Waals surface area contributed by atoms with Crippen molar-refractivity contribution in [3.05, 3.63) is 54.6 Å². The largest absolute Gasteiger partial charge is 0.573 e. The normalized spacial score (nSPS) is 12.0. The minimum Gasteiger partial charge on any atom is -0.406 e. The summed E-state index contributed by atoms with van der Waals surface area (Å²) in [6, 6.07) is 7.08. The van der Waals surface area contributed by atoms with Gasteiger partial charge in [0.1, 0.15) is 16.5 Å². The number of halogens is 5. The monoisotopic (exact) mass is 400 g/mol. The summed E-state index contributed by atoms with van der Waals surface area (Å²) in [4.78, 5) is 15.5. The molecule has 1 aromatic carbocycles. The number of ether oxygens (including phenoxy) is 1. The Morgan fingerprint density at radius 2 is 1.71 bits per heavy atom. The van der Waals surface area contributed by atoms with Crippen molar-refractivity contribution >= 4 is 5.78 Å². The van der Waals surface area contributed by atoms with Crippen molar-refractivity contribution in [1.82, 2.24) is 20.5 Å². The molecule has 0 aliphatic rings. The smallest absolute Gasteiger partial charge is 0.406 e. The molecule has 0 amide bonds. The number of benzene rings is 1. The zero-order valence-electron chi connectivity index (χ0n) is 13.8. The first-order chi connectivity index (χ1) is 13.1. The van der Waals surface area contributed by atoms with Crippen LogP contribution < -0.4 is 9.42 Å². The fourth-order valence-electron chi connectivity index (χ4n) is 2.27. The van der Waals surface area contributed by atoms with E-state index >= 15 is 0 Å². The molecule has 28 heavy (non-hydrogen) atoms. The van der Waals surface area contributed by atoms with Gasteiger partial charge in [-0.2, -0.15) is 13.5 Å². The number of nitrogens with one attached hydrogen (secondary N) is 1. The number of H-pyrrole nitrogens is 1. The van der Waals surface area contributed by atoms with Gasteiger partial charge in [-0.3, -0.25) is 9.78 Å². The van der Waals surface area contributed by atoms with Gasteiger partial charge in [0.15, 0.2) is 11.8 Å². The summed E-state index contributed by atoms with van der Waals surface area (Å²) < 4.78 is 69.8. The van der Waals surface area contributed by atoms with Gasteiger partial charge in [0.25, 0.3) is 6.33 Å². The van der Waals surface area contributed by atoms with E-state index < -0.39 is 36.1 Å². The molecule has 7 nitrogen and oxygen atoms in total. The van der Waals surface area contributed by atoms with E-state index in [1.165, 1.54) is 18.2 Å². The molecule has 3 rings (SSSR count). The van der Waals surface area contributed by atoms with Crippen LogP contribution >= 0.6 is 0 Å². The predicted molar refractivity (Wildman–Crippen MR) is 81.8 cm³/mol. The van der Waals surface area contributed by atoms with E-state index in [-0.39, 0.29) is 0 Å². The molecule has 0 bridgehead atoms. The summed E-state index contributed by atoms with van der Waals surface area (Å²) in [6.07, 6.45) is -2.63. The van der Waals surface area contributed by atoms with Crippen molar-refractivity contribution in [2.75, 3.05) is 0 Å². The summed E-state index contributed by atoms with van der Waals surface area (Å²) in [6.45, 7) is -0.676. The Hall–Kier alpha value is -3.44. The molecule has 0 atom stereocenters. The molecule has 12 heteroatoms. The molecular formula is C16H11F5N5O2+.